The van der Waals surface area contributed by atoms with E-state index in [9.17, 15) is 8.42 Å². The van der Waals surface area contributed by atoms with Crippen LogP contribution in [0, 0.1) is 0 Å². The van der Waals surface area contributed by atoms with Crippen LogP contribution in [0.1, 0.15) is 25.0 Å². The third-order valence-corrected chi connectivity index (χ3v) is 6.16. The molecule has 0 radical (unpaired) electrons. The van der Waals surface area contributed by atoms with Gasteiger partial charge < -0.3 is 0 Å². The number of halogens is 1. The molecular weight excluding hydrogens is 362 g/mol. The first kappa shape index (κ1) is 17.2. The molecule has 0 aromatic heterocycles. The minimum Gasteiger partial charge on any atom is -0.228 e. The minimum absolute atomic E-state index is 0.377. The molecule has 0 aliphatic heterocycles. The molecule has 0 aliphatic rings. The van der Waals surface area contributed by atoms with Crippen LogP contribution < -0.4 is 5.14 Å². The molecule has 0 saturated heterocycles. The van der Waals surface area contributed by atoms with Crippen molar-refractivity contribution in [1.82, 2.24) is 0 Å². The third-order valence-electron chi connectivity index (χ3n) is 3.82. The van der Waals surface area contributed by atoms with Crippen molar-refractivity contribution in [3.05, 3.63) is 59.7 Å². The Kier molecular flexibility index (Phi) is 5.10. The summed E-state index contributed by atoms with van der Waals surface area (Å²) >= 11 is 3.43. The maximum atomic E-state index is 11.8. The van der Waals surface area contributed by atoms with Crippen LogP contribution in [0.2, 0.25) is 0 Å². The van der Waals surface area contributed by atoms with Crippen LogP contribution in [-0.2, 0) is 21.8 Å². The maximum Gasteiger partial charge on any atom is 0.214 e. The van der Waals surface area contributed by atoms with Crippen molar-refractivity contribution >= 4 is 26.0 Å². The second kappa shape index (κ2) is 6.52. The quantitative estimate of drug-likeness (QED) is 0.799. The topological polar surface area (TPSA) is 60.2 Å². The molecule has 0 aliphatic carbocycles. The van der Waals surface area contributed by atoms with E-state index in [0.717, 1.165) is 22.0 Å². The highest BCUT2D eigenvalue weighted by atomic mass is 79.9. The molecular formula is C17H20BrNO2S. The van der Waals surface area contributed by atoms with Crippen LogP contribution >= 0.6 is 15.9 Å². The molecule has 118 valence electrons. The highest BCUT2D eigenvalue weighted by Gasteiger charge is 2.31. The van der Waals surface area contributed by atoms with Gasteiger partial charge in [-0.3, -0.25) is 0 Å². The number of primary sulfonamides is 1. The molecule has 0 unspecified atom stereocenters. The Morgan fingerprint density at radius 2 is 1.64 bits per heavy atom. The monoisotopic (exact) mass is 381 g/mol. The Hall–Kier alpha value is -1.17. The van der Waals surface area contributed by atoms with E-state index in [1.807, 2.05) is 24.3 Å². The number of hydrogen-bond donors (Lipinski definition) is 1. The summed E-state index contributed by atoms with van der Waals surface area (Å²) in [4.78, 5) is 0. The molecule has 0 heterocycles. The predicted molar refractivity (Wildman–Crippen MR) is 95.4 cm³/mol. The zero-order valence-corrected chi connectivity index (χ0v) is 15.1. The molecule has 2 N–H and O–H groups in total. The molecule has 0 saturated carbocycles. The number of nitrogens with two attached hydrogens (primary N) is 1. The molecule has 0 bridgehead atoms. The van der Waals surface area contributed by atoms with E-state index in [-0.39, 0.29) is 0 Å². The van der Waals surface area contributed by atoms with E-state index in [4.69, 9.17) is 5.14 Å². The number of benzene rings is 2. The fourth-order valence-corrected chi connectivity index (χ4v) is 3.02. The second-order valence-corrected chi connectivity index (χ2v) is 8.73. The first-order chi connectivity index (χ1) is 10.2. The van der Waals surface area contributed by atoms with Gasteiger partial charge in [-0.2, -0.15) is 0 Å². The van der Waals surface area contributed by atoms with Crippen molar-refractivity contribution < 1.29 is 8.42 Å². The van der Waals surface area contributed by atoms with Crippen LogP contribution in [0.4, 0.5) is 0 Å². The lowest BCUT2D eigenvalue weighted by molar-refractivity contribution is 0.545. The van der Waals surface area contributed by atoms with Crippen LogP contribution in [0.5, 0.6) is 0 Å². The lowest BCUT2D eigenvalue weighted by atomic mass is 9.93. The molecule has 2 aromatic rings. The van der Waals surface area contributed by atoms with Crippen molar-refractivity contribution in [2.45, 2.75) is 30.3 Å². The number of rotatable bonds is 5. The third kappa shape index (κ3) is 3.77. The number of sulfonamides is 1. The van der Waals surface area contributed by atoms with Crippen molar-refractivity contribution in [2.24, 2.45) is 5.14 Å². The average molecular weight is 382 g/mol. The molecule has 0 fully saturated rings. The lowest BCUT2D eigenvalue weighted by Gasteiger charge is -2.23. The fourth-order valence-electron chi connectivity index (χ4n) is 2.29. The maximum absolute atomic E-state index is 11.8. The first-order valence-electron chi connectivity index (χ1n) is 7.00. The standard InChI is InChI=1S/C17H20BrNO2S/c1-17(2,22(19,20)21)11-15-5-3-4-6-16(15)14-9-7-13(12-18)8-10-14/h3-10H,11-12H2,1-2H3,(H2,19,20,21). The summed E-state index contributed by atoms with van der Waals surface area (Å²) in [5.74, 6) is 0. The van der Waals surface area contributed by atoms with Gasteiger partial charge in [0, 0.05) is 5.33 Å². The van der Waals surface area contributed by atoms with Gasteiger partial charge in [0.1, 0.15) is 0 Å². The van der Waals surface area contributed by atoms with Gasteiger partial charge in [0.15, 0.2) is 0 Å². The zero-order valence-electron chi connectivity index (χ0n) is 12.7. The van der Waals surface area contributed by atoms with E-state index in [2.05, 4.69) is 40.2 Å². The SMILES string of the molecule is CC(C)(Cc1ccccc1-c1ccc(CBr)cc1)S(N)(=O)=O. The smallest absolute Gasteiger partial charge is 0.214 e. The van der Waals surface area contributed by atoms with Crippen LogP contribution in [-0.4, -0.2) is 13.2 Å². The van der Waals surface area contributed by atoms with E-state index in [0.29, 0.717) is 6.42 Å². The second-order valence-electron chi connectivity index (χ2n) is 5.97. The van der Waals surface area contributed by atoms with Gasteiger partial charge in [0.2, 0.25) is 10.0 Å². The normalized spacial score (nSPS) is 12.4. The number of alkyl halides is 1. The Labute approximate surface area is 140 Å². The summed E-state index contributed by atoms with van der Waals surface area (Å²) in [6, 6.07) is 16.1. The minimum atomic E-state index is -3.62. The highest BCUT2D eigenvalue weighted by Crippen LogP contribution is 2.29. The molecule has 0 spiro atoms. The fraction of sp³-hybridized carbons (Fsp3) is 0.294. The van der Waals surface area contributed by atoms with Crippen molar-refractivity contribution in [3.63, 3.8) is 0 Å². The molecule has 2 rings (SSSR count). The molecule has 22 heavy (non-hydrogen) atoms. The average Bonchev–Trinajstić information content (AvgIpc) is 2.46. The molecule has 3 nitrogen and oxygen atoms in total. The summed E-state index contributed by atoms with van der Waals surface area (Å²) in [5.41, 5.74) is 4.30. The zero-order chi connectivity index (χ0) is 16.4. The Morgan fingerprint density at radius 3 is 2.18 bits per heavy atom. The van der Waals surface area contributed by atoms with E-state index >= 15 is 0 Å². The van der Waals surface area contributed by atoms with Crippen molar-refractivity contribution in [1.29, 1.82) is 0 Å². The van der Waals surface area contributed by atoms with Gasteiger partial charge in [0.25, 0.3) is 0 Å². The van der Waals surface area contributed by atoms with Gasteiger partial charge in [-0.05, 0) is 42.5 Å². The van der Waals surface area contributed by atoms with Gasteiger partial charge >= 0.3 is 0 Å². The predicted octanol–water partition coefficient (Wildman–Crippen LogP) is 3.86. The van der Waals surface area contributed by atoms with Gasteiger partial charge in [-0.25, -0.2) is 13.6 Å². The van der Waals surface area contributed by atoms with Crippen molar-refractivity contribution in [2.75, 3.05) is 0 Å². The van der Waals surface area contributed by atoms with E-state index in [1.54, 1.807) is 13.8 Å². The Morgan fingerprint density at radius 1 is 1.05 bits per heavy atom. The first-order valence-corrected chi connectivity index (χ1v) is 9.67. The van der Waals surface area contributed by atoms with Crippen LogP contribution in [0.25, 0.3) is 11.1 Å². The molecule has 5 heteroatoms. The molecule has 2 aromatic carbocycles. The Bertz CT molecular complexity index is 752. The number of hydrogen-bond acceptors (Lipinski definition) is 2. The summed E-state index contributed by atoms with van der Waals surface area (Å²) in [7, 11) is -3.62. The molecule has 0 atom stereocenters. The van der Waals surface area contributed by atoms with Crippen LogP contribution in [0.3, 0.4) is 0 Å². The molecule has 0 amide bonds. The van der Waals surface area contributed by atoms with Gasteiger partial charge in [-0.1, -0.05) is 64.5 Å². The van der Waals surface area contributed by atoms with Crippen molar-refractivity contribution in [3.8, 4) is 11.1 Å². The summed E-state index contributed by atoms with van der Waals surface area (Å²) in [6.07, 6.45) is 0.377. The summed E-state index contributed by atoms with van der Waals surface area (Å²) < 4.78 is 22.5. The van der Waals surface area contributed by atoms with Gasteiger partial charge in [-0.15, -0.1) is 0 Å². The highest BCUT2D eigenvalue weighted by molar-refractivity contribution is 9.08. The largest absolute Gasteiger partial charge is 0.228 e. The van der Waals surface area contributed by atoms with Gasteiger partial charge in [0.05, 0.1) is 4.75 Å². The Balaban J connectivity index is 2.42. The summed E-state index contributed by atoms with van der Waals surface area (Å²) in [6.45, 7) is 3.32. The van der Waals surface area contributed by atoms with E-state index in [1.165, 1.54) is 5.56 Å². The van der Waals surface area contributed by atoms with Crippen LogP contribution in [0.15, 0.2) is 48.5 Å². The lowest BCUT2D eigenvalue weighted by Crippen LogP contribution is -2.39. The summed E-state index contributed by atoms with van der Waals surface area (Å²) in [5, 5.41) is 6.17. The van der Waals surface area contributed by atoms with E-state index < -0.39 is 14.8 Å².